The first kappa shape index (κ1) is 12.9. The first-order valence-corrected chi connectivity index (χ1v) is 6.37. The lowest BCUT2D eigenvalue weighted by Gasteiger charge is -2.49. The summed E-state index contributed by atoms with van der Waals surface area (Å²) in [6, 6.07) is 0.650. The van der Waals surface area contributed by atoms with Crippen LogP contribution in [0.25, 0.3) is 0 Å². The van der Waals surface area contributed by atoms with E-state index in [1.54, 1.807) is 0 Å². The summed E-state index contributed by atoms with van der Waals surface area (Å²) in [5.74, 6) is 0. The summed E-state index contributed by atoms with van der Waals surface area (Å²) in [6.07, 6.45) is 3.06. The summed E-state index contributed by atoms with van der Waals surface area (Å²) >= 11 is 0. The monoisotopic (exact) mass is 216 g/mol. The molecule has 0 atom stereocenters. The zero-order chi connectivity index (χ0) is 11.3. The minimum absolute atomic E-state index is 0.650. The van der Waals surface area contributed by atoms with Crippen LogP contribution in [0.4, 0.5) is 4.39 Å². The molecule has 0 aromatic rings. The Morgan fingerprint density at radius 2 is 1.80 bits per heavy atom. The second-order valence-electron chi connectivity index (χ2n) is 4.39. The van der Waals surface area contributed by atoms with Crippen molar-refractivity contribution >= 4 is 0 Å². The number of alkyl halides is 1. The molecule has 0 radical (unpaired) electrons. The Bertz CT molecular complexity index is 172. The van der Waals surface area contributed by atoms with E-state index in [0.29, 0.717) is 25.6 Å². The Hall–Kier alpha value is -0.150. The average Bonchev–Trinajstić information content (AvgIpc) is 2.29. The molecular weight excluding hydrogens is 191 g/mol. The fraction of sp³-hybridized carbons (Fsp3) is 1.00. The highest BCUT2D eigenvalue weighted by atomic mass is 19.1. The van der Waals surface area contributed by atoms with Gasteiger partial charge < -0.3 is 5.32 Å². The number of hydrogen-bond acceptors (Lipinski definition) is 2. The third kappa shape index (κ3) is 3.15. The molecule has 2 heterocycles. The molecule has 0 saturated carbocycles. The topological polar surface area (TPSA) is 15.3 Å². The third-order valence-corrected chi connectivity index (χ3v) is 3.43. The Morgan fingerprint density at radius 1 is 1.27 bits per heavy atom. The van der Waals surface area contributed by atoms with Gasteiger partial charge in [0.15, 0.2) is 0 Å². The van der Waals surface area contributed by atoms with E-state index in [4.69, 9.17) is 0 Å². The SMILES string of the molecule is CC.CCC1(F)CN(C2CCNCC2)C1. The molecule has 2 fully saturated rings. The molecule has 0 bridgehead atoms. The first-order chi connectivity index (χ1) is 7.23. The van der Waals surface area contributed by atoms with E-state index in [2.05, 4.69) is 10.2 Å². The van der Waals surface area contributed by atoms with Crippen molar-refractivity contribution in [3.63, 3.8) is 0 Å². The normalized spacial score (nSPS) is 26.4. The number of rotatable bonds is 2. The van der Waals surface area contributed by atoms with Gasteiger partial charge in [-0.15, -0.1) is 0 Å². The third-order valence-electron chi connectivity index (χ3n) is 3.43. The molecule has 2 aliphatic rings. The van der Waals surface area contributed by atoms with Crippen molar-refractivity contribution in [1.29, 1.82) is 0 Å². The van der Waals surface area contributed by atoms with E-state index in [1.165, 1.54) is 12.8 Å². The van der Waals surface area contributed by atoms with Gasteiger partial charge in [-0.05, 0) is 32.4 Å². The van der Waals surface area contributed by atoms with Crippen LogP contribution in [-0.2, 0) is 0 Å². The maximum Gasteiger partial charge on any atom is 0.136 e. The van der Waals surface area contributed by atoms with Gasteiger partial charge in [0.2, 0.25) is 0 Å². The van der Waals surface area contributed by atoms with E-state index in [9.17, 15) is 4.39 Å². The summed E-state index contributed by atoms with van der Waals surface area (Å²) in [7, 11) is 0. The largest absolute Gasteiger partial charge is 0.317 e. The maximum atomic E-state index is 13.6. The number of nitrogens with zero attached hydrogens (tertiary/aromatic N) is 1. The van der Waals surface area contributed by atoms with Crippen molar-refractivity contribution in [3.05, 3.63) is 0 Å². The van der Waals surface area contributed by atoms with Gasteiger partial charge in [0.05, 0.1) is 0 Å². The Labute approximate surface area is 93.2 Å². The number of hydrogen-bond donors (Lipinski definition) is 1. The molecule has 90 valence electrons. The van der Waals surface area contributed by atoms with E-state index in [1.807, 2.05) is 20.8 Å². The van der Waals surface area contributed by atoms with Gasteiger partial charge in [-0.2, -0.15) is 0 Å². The molecule has 0 aromatic carbocycles. The second kappa shape index (κ2) is 5.80. The lowest BCUT2D eigenvalue weighted by molar-refractivity contribution is -0.0649. The van der Waals surface area contributed by atoms with E-state index in [0.717, 1.165) is 13.1 Å². The Kier molecular flexibility index (Phi) is 5.00. The lowest BCUT2D eigenvalue weighted by Crippen LogP contribution is -2.63. The van der Waals surface area contributed by atoms with Crippen molar-refractivity contribution in [2.24, 2.45) is 0 Å². The molecule has 2 nitrogen and oxygen atoms in total. The first-order valence-electron chi connectivity index (χ1n) is 6.37. The molecule has 2 saturated heterocycles. The Morgan fingerprint density at radius 3 is 2.27 bits per heavy atom. The quantitative estimate of drug-likeness (QED) is 0.761. The molecule has 2 aliphatic heterocycles. The van der Waals surface area contributed by atoms with Gasteiger partial charge >= 0.3 is 0 Å². The predicted octanol–water partition coefficient (Wildman–Crippen LogP) is 2.20. The van der Waals surface area contributed by atoms with Gasteiger partial charge in [0.1, 0.15) is 5.67 Å². The number of likely N-dealkylation sites (tertiary alicyclic amines) is 1. The van der Waals surface area contributed by atoms with Crippen LogP contribution >= 0.6 is 0 Å². The summed E-state index contributed by atoms with van der Waals surface area (Å²) in [4.78, 5) is 2.31. The predicted molar refractivity (Wildman–Crippen MR) is 62.9 cm³/mol. The van der Waals surface area contributed by atoms with Crippen LogP contribution in [0.1, 0.15) is 40.0 Å². The standard InChI is InChI=1S/C10H19FN2.C2H6/c1-2-10(11)7-13(8-10)9-3-5-12-6-4-9;1-2/h9,12H,2-8H2,1H3;1-2H3. The molecule has 0 aliphatic carbocycles. The van der Waals surface area contributed by atoms with Crippen molar-refractivity contribution in [2.45, 2.75) is 51.7 Å². The van der Waals surface area contributed by atoms with Crippen LogP contribution in [0, 0.1) is 0 Å². The number of piperidine rings is 1. The number of nitrogens with one attached hydrogen (secondary N) is 1. The Balaban J connectivity index is 0.000000531. The van der Waals surface area contributed by atoms with Gasteiger partial charge in [-0.25, -0.2) is 4.39 Å². The molecule has 2 rings (SSSR count). The highest BCUT2D eigenvalue weighted by molar-refractivity contribution is 4.98. The highest BCUT2D eigenvalue weighted by Crippen LogP contribution is 2.32. The fourth-order valence-electron chi connectivity index (χ4n) is 2.34. The maximum absolute atomic E-state index is 13.6. The van der Waals surface area contributed by atoms with Crippen LogP contribution in [0.3, 0.4) is 0 Å². The van der Waals surface area contributed by atoms with Gasteiger partial charge in [-0.3, -0.25) is 4.90 Å². The van der Waals surface area contributed by atoms with E-state index in [-0.39, 0.29) is 0 Å². The molecule has 0 amide bonds. The highest BCUT2D eigenvalue weighted by Gasteiger charge is 2.44. The van der Waals surface area contributed by atoms with Crippen molar-refractivity contribution in [3.8, 4) is 0 Å². The van der Waals surface area contributed by atoms with Crippen LogP contribution in [0.5, 0.6) is 0 Å². The second-order valence-corrected chi connectivity index (χ2v) is 4.39. The molecule has 0 aromatic heterocycles. The molecular formula is C12H25FN2. The summed E-state index contributed by atoms with van der Waals surface area (Å²) < 4.78 is 13.6. The number of halogens is 1. The summed E-state index contributed by atoms with van der Waals surface area (Å²) in [6.45, 7) is 9.50. The molecule has 15 heavy (non-hydrogen) atoms. The summed E-state index contributed by atoms with van der Waals surface area (Å²) in [5.41, 5.74) is -0.856. The fourth-order valence-corrected chi connectivity index (χ4v) is 2.34. The van der Waals surface area contributed by atoms with Crippen LogP contribution < -0.4 is 5.32 Å². The smallest absolute Gasteiger partial charge is 0.136 e. The minimum atomic E-state index is -0.856. The van der Waals surface area contributed by atoms with Gasteiger partial charge in [0, 0.05) is 19.1 Å². The van der Waals surface area contributed by atoms with Crippen LogP contribution in [0.15, 0.2) is 0 Å². The van der Waals surface area contributed by atoms with Crippen molar-refractivity contribution in [1.82, 2.24) is 10.2 Å². The molecule has 1 N–H and O–H groups in total. The molecule has 0 unspecified atom stereocenters. The zero-order valence-corrected chi connectivity index (χ0v) is 10.4. The average molecular weight is 216 g/mol. The molecule has 0 spiro atoms. The van der Waals surface area contributed by atoms with E-state index >= 15 is 0 Å². The van der Waals surface area contributed by atoms with Crippen molar-refractivity contribution in [2.75, 3.05) is 26.2 Å². The van der Waals surface area contributed by atoms with Crippen molar-refractivity contribution < 1.29 is 4.39 Å². The van der Waals surface area contributed by atoms with Crippen LogP contribution in [0.2, 0.25) is 0 Å². The zero-order valence-electron chi connectivity index (χ0n) is 10.4. The minimum Gasteiger partial charge on any atom is -0.317 e. The van der Waals surface area contributed by atoms with Crippen LogP contribution in [-0.4, -0.2) is 42.8 Å². The molecule has 3 heteroatoms. The lowest BCUT2D eigenvalue weighted by atomic mass is 9.89. The van der Waals surface area contributed by atoms with Gasteiger partial charge in [0.25, 0.3) is 0 Å². The summed E-state index contributed by atoms with van der Waals surface area (Å²) in [5, 5.41) is 3.33. The van der Waals surface area contributed by atoms with Gasteiger partial charge in [-0.1, -0.05) is 20.8 Å². The van der Waals surface area contributed by atoms with E-state index < -0.39 is 5.67 Å².